The summed E-state index contributed by atoms with van der Waals surface area (Å²) in [6.45, 7) is 4.10. The van der Waals surface area contributed by atoms with Gasteiger partial charge < -0.3 is 10.5 Å². The molecule has 1 aromatic rings. The molecule has 0 aliphatic rings. The van der Waals surface area contributed by atoms with Crippen molar-refractivity contribution in [2.75, 3.05) is 18.1 Å². The van der Waals surface area contributed by atoms with Crippen molar-refractivity contribution in [2.45, 2.75) is 18.9 Å². The lowest BCUT2D eigenvalue weighted by atomic mass is 10.3. The maximum Gasteiger partial charge on any atom is 0.316 e. The first kappa shape index (κ1) is 11.8. The van der Waals surface area contributed by atoms with Gasteiger partial charge in [0.25, 0.3) is 0 Å². The molecule has 0 spiro atoms. The van der Waals surface area contributed by atoms with Crippen molar-refractivity contribution >= 4 is 23.4 Å². The van der Waals surface area contributed by atoms with E-state index in [0.29, 0.717) is 12.3 Å². The average molecular weight is 226 g/mol. The Morgan fingerprint density at radius 1 is 1.67 bits per heavy atom. The van der Waals surface area contributed by atoms with Crippen LogP contribution in [0.3, 0.4) is 0 Å². The van der Waals surface area contributed by atoms with Crippen molar-refractivity contribution in [1.29, 1.82) is 0 Å². The average Bonchev–Trinajstić information content (AvgIpc) is 2.20. The van der Waals surface area contributed by atoms with Gasteiger partial charge in [0.2, 0.25) is 0 Å². The molecular formula is C10H14N2O2S. The van der Waals surface area contributed by atoms with Crippen molar-refractivity contribution in [1.82, 2.24) is 4.98 Å². The maximum absolute atomic E-state index is 11.1. The van der Waals surface area contributed by atoms with E-state index < -0.39 is 0 Å². The van der Waals surface area contributed by atoms with Crippen LogP contribution < -0.4 is 5.73 Å². The van der Waals surface area contributed by atoms with Gasteiger partial charge in [-0.25, -0.2) is 4.98 Å². The Balaban J connectivity index is 2.51. The van der Waals surface area contributed by atoms with Gasteiger partial charge in [-0.1, -0.05) is 11.8 Å². The lowest BCUT2D eigenvalue weighted by Gasteiger charge is -2.03. The molecule has 4 nitrogen and oxygen atoms in total. The Morgan fingerprint density at radius 3 is 3.00 bits per heavy atom. The van der Waals surface area contributed by atoms with Crippen LogP contribution in [0.15, 0.2) is 17.3 Å². The molecule has 82 valence electrons. The highest BCUT2D eigenvalue weighted by molar-refractivity contribution is 7.99. The van der Waals surface area contributed by atoms with E-state index in [-0.39, 0.29) is 11.7 Å². The van der Waals surface area contributed by atoms with Crippen molar-refractivity contribution in [3.05, 3.63) is 17.8 Å². The van der Waals surface area contributed by atoms with Crippen LogP contribution in [0.1, 0.15) is 12.5 Å². The summed E-state index contributed by atoms with van der Waals surface area (Å²) in [6, 6.07) is 1.86. The van der Waals surface area contributed by atoms with Gasteiger partial charge in [0.05, 0.1) is 29.3 Å². The lowest BCUT2D eigenvalue weighted by Crippen LogP contribution is -2.06. The first-order chi connectivity index (χ1) is 7.13. The zero-order valence-corrected chi connectivity index (χ0v) is 9.63. The third kappa shape index (κ3) is 3.79. The van der Waals surface area contributed by atoms with Crippen LogP contribution in [0.4, 0.5) is 5.69 Å². The number of thioether (sulfide) groups is 1. The lowest BCUT2D eigenvalue weighted by molar-refractivity contribution is -0.139. The molecule has 0 aliphatic carbocycles. The number of nitrogens with two attached hydrogens (primary N) is 1. The number of carbonyl (C=O) groups is 1. The van der Waals surface area contributed by atoms with E-state index in [4.69, 9.17) is 10.5 Å². The number of aromatic nitrogens is 1. The molecule has 0 aromatic carbocycles. The van der Waals surface area contributed by atoms with E-state index in [0.717, 1.165) is 10.6 Å². The number of pyridine rings is 1. The van der Waals surface area contributed by atoms with Crippen molar-refractivity contribution in [3.8, 4) is 0 Å². The summed E-state index contributed by atoms with van der Waals surface area (Å²) in [6.07, 6.45) is 1.60. The summed E-state index contributed by atoms with van der Waals surface area (Å²) in [4.78, 5) is 15.2. The topological polar surface area (TPSA) is 65.2 Å². The van der Waals surface area contributed by atoms with Crippen molar-refractivity contribution < 1.29 is 9.53 Å². The number of anilines is 1. The summed E-state index contributed by atoms with van der Waals surface area (Å²) in [7, 11) is 0. The summed E-state index contributed by atoms with van der Waals surface area (Å²) >= 11 is 1.35. The zero-order valence-electron chi connectivity index (χ0n) is 8.82. The van der Waals surface area contributed by atoms with Gasteiger partial charge in [-0.15, -0.1) is 0 Å². The SMILES string of the molecule is CCOC(=O)CSc1cc(C)c(N)cn1. The summed E-state index contributed by atoms with van der Waals surface area (Å²) < 4.78 is 4.81. The molecule has 5 heteroatoms. The minimum Gasteiger partial charge on any atom is -0.465 e. The van der Waals surface area contributed by atoms with Crippen LogP contribution in [0.5, 0.6) is 0 Å². The zero-order chi connectivity index (χ0) is 11.3. The van der Waals surface area contributed by atoms with Gasteiger partial charge in [-0.05, 0) is 25.5 Å². The number of nitrogen functional groups attached to an aromatic ring is 1. The number of rotatable bonds is 4. The normalized spacial score (nSPS) is 10.0. The maximum atomic E-state index is 11.1. The highest BCUT2D eigenvalue weighted by Gasteiger charge is 2.04. The Bertz CT molecular complexity index is 355. The summed E-state index contributed by atoms with van der Waals surface area (Å²) in [5.41, 5.74) is 7.26. The quantitative estimate of drug-likeness (QED) is 0.624. The molecule has 0 amide bonds. The highest BCUT2D eigenvalue weighted by Crippen LogP contribution is 2.19. The largest absolute Gasteiger partial charge is 0.465 e. The smallest absolute Gasteiger partial charge is 0.316 e. The fourth-order valence-electron chi connectivity index (χ4n) is 0.955. The van der Waals surface area contributed by atoms with E-state index in [1.807, 2.05) is 13.0 Å². The van der Waals surface area contributed by atoms with E-state index in [2.05, 4.69) is 4.98 Å². The van der Waals surface area contributed by atoms with Crippen LogP contribution in [-0.2, 0) is 9.53 Å². The molecule has 0 saturated heterocycles. The molecule has 0 aliphatic heterocycles. The molecule has 0 atom stereocenters. The van der Waals surface area contributed by atoms with Gasteiger partial charge >= 0.3 is 5.97 Å². The number of carbonyl (C=O) groups excluding carboxylic acids is 1. The second-order valence-electron chi connectivity index (χ2n) is 2.97. The molecule has 0 radical (unpaired) electrons. The molecule has 0 saturated carbocycles. The number of nitrogens with zero attached hydrogens (tertiary/aromatic N) is 1. The fraction of sp³-hybridized carbons (Fsp3) is 0.400. The molecule has 0 fully saturated rings. The Labute approximate surface area is 93.2 Å². The van der Waals surface area contributed by atoms with E-state index in [9.17, 15) is 4.79 Å². The Kier molecular flexibility index (Phi) is 4.42. The first-order valence-corrected chi connectivity index (χ1v) is 5.62. The van der Waals surface area contributed by atoms with Crippen LogP contribution >= 0.6 is 11.8 Å². The van der Waals surface area contributed by atoms with Gasteiger partial charge in [0, 0.05) is 0 Å². The van der Waals surface area contributed by atoms with Gasteiger partial charge in [0.15, 0.2) is 0 Å². The number of esters is 1. The first-order valence-electron chi connectivity index (χ1n) is 4.64. The predicted octanol–water partition coefficient (Wildman–Crippen LogP) is 1.63. The standard InChI is InChI=1S/C10H14N2O2S/c1-3-14-10(13)6-15-9-4-7(2)8(11)5-12-9/h4-5H,3,6,11H2,1-2H3. The Morgan fingerprint density at radius 2 is 2.40 bits per heavy atom. The third-order valence-electron chi connectivity index (χ3n) is 1.77. The molecule has 0 bridgehead atoms. The number of hydrogen-bond donors (Lipinski definition) is 1. The monoisotopic (exact) mass is 226 g/mol. The number of hydrogen-bond acceptors (Lipinski definition) is 5. The third-order valence-corrected chi connectivity index (χ3v) is 2.67. The van der Waals surface area contributed by atoms with Crippen molar-refractivity contribution in [2.24, 2.45) is 0 Å². The van der Waals surface area contributed by atoms with Gasteiger partial charge in [-0.2, -0.15) is 0 Å². The number of aryl methyl sites for hydroxylation is 1. The molecular weight excluding hydrogens is 212 g/mol. The van der Waals surface area contributed by atoms with E-state index in [1.54, 1.807) is 13.1 Å². The van der Waals surface area contributed by atoms with Crippen LogP contribution in [0, 0.1) is 6.92 Å². The Hall–Kier alpha value is -1.23. The highest BCUT2D eigenvalue weighted by atomic mass is 32.2. The minimum absolute atomic E-state index is 0.223. The molecule has 0 unspecified atom stereocenters. The summed E-state index contributed by atoms with van der Waals surface area (Å²) in [5.74, 6) is 0.0586. The second-order valence-corrected chi connectivity index (χ2v) is 3.97. The molecule has 1 aromatic heterocycles. The molecule has 2 N–H and O–H groups in total. The van der Waals surface area contributed by atoms with Crippen LogP contribution in [-0.4, -0.2) is 23.3 Å². The summed E-state index contributed by atoms with van der Waals surface area (Å²) in [5, 5.41) is 0.787. The fourth-order valence-corrected chi connectivity index (χ4v) is 1.69. The van der Waals surface area contributed by atoms with Gasteiger partial charge in [-0.3, -0.25) is 4.79 Å². The van der Waals surface area contributed by atoms with Crippen molar-refractivity contribution in [3.63, 3.8) is 0 Å². The molecule has 1 rings (SSSR count). The van der Waals surface area contributed by atoms with Crippen LogP contribution in [0.2, 0.25) is 0 Å². The second kappa shape index (κ2) is 5.60. The number of ether oxygens (including phenoxy) is 1. The van der Waals surface area contributed by atoms with E-state index in [1.165, 1.54) is 11.8 Å². The minimum atomic E-state index is -0.223. The van der Waals surface area contributed by atoms with Gasteiger partial charge in [0.1, 0.15) is 0 Å². The molecule has 15 heavy (non-hydrogen) atoms. The molecule has 1 heterocycles. The predicted molar refractivity (Wildman–Crippen MR) is 60.7 cm³/mol. The van der Waals surface area contributed by atoms with E-state index >= 15 is 0 Å². The van der Waals surface area contributed by atoms with Crippen LogP contribution in [0.25, 0.3) is 0 Å².